The number of hydrogen-bond acceptors (Lipinski definition) is 4. The molecule has 74 valence electrons. The van der Waals surface area contributed by atoms with Crippen molar-refractivity contribution in [3.63, 3.8) is 0 Å². The summed E-state index contributed by atoms with van der Waals surface area (Å²) in [4.78, 5) is 8.66. The topological polar surface area (TPSA) is 56.2 Å². The number of pyridine rings is 1. The maximum atomic E-state index is 5.69. The molecule has 3 heterocycles. The van der Waals surface area contributed by atoms with Crippen LogP contribution in [0.25, 0.3) is 16.3 Å². The average molecular weight is 216 g/mol. The van der Waals surface area contributed by atoms with Crippen LogP contribution in [-0.2, 0) is 0 Å². The van der Waals surface area contributed by atoms with Gasteiger partial charge in [-0.25, -0.2) is 9.97 Å². The molecule has 0 saturated carbocycles. The van der Waals surface area contributed by atoms with Crippen molar-refractivity contribution in [3.05, 3.63) is 36.1 Å². The molecule has 3 aromatic rings. The van der Waals surface area contributed by atoms with E-state index in [9.17, 15) is 0 Å². The molecule has 0 fully saturated rings. The molecular formula is C10H8N4S. The highest BCUT2D eigenvalue weighted by atomic mass is 32.1. The Hall–Kier alpha value is -1.88. The molecule has 0 radical (unpaired) electrons. The van der Waals surface area contributed by atoms with E-state index in [2.05, 4.69) is 9.97 Å². The van der Waals surface area contributed by atoms with Crippen molar-refractivity contribution in [2.45, 2.75) is 0 Å². The van der Waals surface area contributed by atoms with Gasteiger partial charge in [-0.05, 0) is 6.07 Å². The lowest BCUT2D eigenvalue weighted by Crippen LogP contribution is -1.87. The highest BCUT2D eigenvalue weighted by Gasteiger charge is 2.05. The third-order valence-electron chi connectivity index (χ3n) is 2.14. The predicted octanol–water partition coefficient (Wildman–Crippen LogP) is 2.04. The SMILES string of the molecule is Nc1ccn2cc(-c3nccs3)nc2c1. The molecule has 0 amide bonds. The quantitative estimate of drug-likeness (QED) is 0.677. The molecule has 0 unspecified atom stereocenters. The van der Waals surface area contributed by atoms with Crippen LogP contribution in [0.2, 0.25) is 0 Å². The Balaban J connectivity index is 2.22. The van der Waals surface area contributed by atoms with Crippen LogP contribution < -0.4 is 5.73 Å². The molecule has 3 aromatic heterocycles. The molecule has 0 spiro atoms. The van der Waals surface area contributed by atoms with E-state index in [1.165, 1.54) is 0 Å². The Morgan fingerprint density at radius 1 is 1.40 bits per heavy atom. The summed E-state index contributed by atoms with van der Waals surface area (Å²) in [6.07, 6.45) is 5.63. The van der Waals surface area contributed by atoms with E-state index >= 15 is 0 Å². The second kappa shape index (κ2) is 3.06. The first-order valence-electron chi connectivity index (χ1n) is 4.47. The number of nitrogens with two attached hydrogens (primary N) is 1. The first kappa shape index (κ1) is 8.43. The van der Waals surface area contributed by atoms with Crippen molar-refractivity contribution in [3.8, 4) is 10.7 Å². The first-order chi connectivity index (χ1) is 7.33. The first-order valence-corrected chi connectivity index (χ1v) is 5.35. The minimum atomic E-state index is 0.721. The van der Waals surface area contributed by atoms with Gasteiger partial charge in [-0.2, -0.15) is 0 Å². The lowest BCUT2D eigenvalue weighted by Gasteiger charge is -1.92. The van der Waals surface area contributed by atoms with Crippen LogP contribution in [0.5, 0.6) is 0 Å². The van der Waals surface area contributed by atoms with Crippen LogP contribution in [0.4, 0.5) is 5.69 Å². The lowest BCUT2D eigenvalue weighted by atomic mass is 10.4. The molecule has 0 aromatic carbocycles. The summed E-state index contributed by atoms with van der Waals surface area (Å²) < 4.78 is 1.94. The number of nitrogen functional groups attached to an aromatic ring is 1. The monoisotopic (exact) mass is 216 g/mol. The molecule has 0 atom stereocenters. The summed E-state index contributed by atoms with van der Waals surface area (Å²) in [6.45, 7) is 0. The number of fused-ring (bicyclic) bond motifs is 1. The Bertz CT molecular complexity index is 597. The standard InChI is InChI=1S/C10H8N4S/c11-7-1-3-14-6-8(13-9(14)5-7)10-12-2-4-15-10/h1-6H,11H2. The number of thiazole rings is 1. The smallest absolute Gasteiger partial charge is 0.143 e. The Morgan fingerprint density at radius 3 is 3.13 bits per heavy atom. The molecule has 0 aliphatic carbocycles. The van der Waals surface area contributed by atoms with E-state index in [-0.39, 0.29) is 0 Å². The molecule has 0 saturated heterocycles. The number of hydrogen-bond donors (Lipinski definition) is 1. The van der Waals surface area contributed by atoms with Crippen molar-refractivity contribution >= 4 is 22.7 Å². The second-order valence-electron chi connectivity index (χ2n) is 3.19. The molecule has 2 N–H and O–H groups in total. The molecule has 0 aliphatic rings. The van der Waals surface area contributed by atoms with E-state index in [1.807, 2.05) is 34.3 Å². The van der Waals surface area contributed by atoms with Crippen LogP contribution in [0.15, 0.2) is 36.1 Å². The van der Waals surface area contributed by atoms with Gasteiger partial charge < -0.3 is 10.1 Å². The molecular weight excluding hydrogens is 208 g/mol. The zero-order valence-corrected chi connectivity index (χ0v) is 8.61. The molecule has 4 nitrogen and oxygen atoms in total. The van der Waals surface area contributed by atoms with Gasteiger partial charge in [0.05, 0.1) is 0 Å². The summed E-state index contributed by atoms with van der Waals surface area (Å²) >= 11 is 1.58. The van der Waals surface area contributed by atoms with Crippen LogP contribution in [0.1, 0.15) is 0 Å². The van der Waals surface area contributed by atoms with Gasteiger partial charge in [0.15, 0.2) is 0 Å². The van der Waals surface area contributed by atoms with Crippen molar-refractivity contribution in [1.29, 1.82) is 0 Å². The molecule has 0 bridgehead atoms. The van der Waals surface area contributed by atoms with E-state index in [0.29, 0.717) is 0 Å². The minimum absolute atomic E-state index is 0.721. The molecule has 15 heavy (non-hydrogen) atoms. The van der Waals surface area contributed by atoms with Gasteiger partial charge in [0.25, 0.3) is 0 Å². The van der Waals surface area contributed by atoms with Gasteiger partial charge in [0.2, 0.25) is 0 Å². The van der Waals surface area contributed by atoms with Gasteiger partial charge in [-0.3, -0.25) is 0 Å². The third kappa shape index (κ3) is 1.37. The number of rotatable bonds is 1. The van der Waals surface area contributed by atoms with Crippen LogP contribution >= 0.6 is 11.3 Å². The van der Waals surface area contributed by atoms with Gasteiger partial charge in [0, 0.05) is 35.7 Å². The fraction of sp³-hybridized carbons (Fsp3) is 0. The van der Waals surface area contributed by atoms with Gasteiger partial charge in [0.1, 0.15) is 16.3 Å². The zero-order chi connectivity index (χ0) is 10.3. The van der Waals surface area contributed by atoms with Gasteiger partial charge >= 0.3 is 0 Å². The normalized spacial score (nSPS) is 10.9. The Labute approximate surface area is 90.0 Å². The van der Waals surface area contributed by atoms with Crippen LogP contribution in [0.3, 0.4) is 0 Å². The van der Waals surface area contributed by atoms with Gasteiger partial charge in [-0.1, -0.05) is 0 Å². The van der Waals surface area contributed by atoms with Crippen LogP contribution in [0, 0.1) is 0 Å². The highest BCUT2D eigenvalue weighted by Crippen LogP contribution is 2.21. The number of anilines is 1. The summed E-state index contributed by atoms with van der Waals surface area (Å²) in [5.74, 6) is 0. The second-order valence-corrected chi connectivity index (χ2v) is 4.08. The maximum absolute atomic E-state index is 5.69. The summed E-state index contributed by atoms with van der Waals surface area (Å²) in [5, 5.41) is 2.87. The Kier molecular flexibility index (Phi) is 1.72. The summed E-state index contributed by atoms with van der Waals surface area (Å²) in [6, 6.07) is 3.69. The van der Waals surface area contributed by atoms with E-state index in [0.717, 1.165) is 22.0 Å². The average Bonchev–Trinajstić information content (AvgIpc) is 2.84. The third-order valence-corrected chi connectivity index (χ3v) is 2.93. The van der Waals surface area contributed by atoms with Crippen molar-refractivity contribution in [2.75, 3.05) is 5.73 Å². The van der Waals surface area contributed by atoms with E-state index < -0.39 is 0 Å². The minimum Gasteiger partial charge on any atom is -0.399 e. The number of aromatic nitrogens is 3. The van der Waals surface area contributed by atoms with Crippen molar-refractivity contribution < 1.29 is 0 Å². The van der Waals surface area contributed by atoms with Crippen LogP contribution in [-0.4, -0.2) is 14.4 Å². The fourth-order valence-electron chi connectivity index (χ4n) is 1.45. The maximum Gasteiger partial charge on any atom is 0.143 e. The lowest BCUT2D eigenvalue weighted by molar-refractivity contribution is 1.19. The fourth-order valence-corrected chi connectivity index (χ4v) is 2.04. The number of nitrogens with zero attached hydrogens (tertiary/aromatic N) is 3. The molecule has 5 heteroatoms. The Morgan fingerprint density at radius 2 is 2.33 bits per heavy atom. The van der Waals surface area contributed by atoms with E-state index in [4.69, 9.17) is 5.73 Å². The summed E-state index contributed by atoms with van der Waals surface area (Å²) in [7, 11) is 0. The van der Waals surface area contributed by atoms with Gasteiger partial charge in [-0.15, -0.1) is 11.3 Å². The molecule has 3 rings (SSSR count). The van der Waals surface area contributed by atoms with Crippen molar-refractivity contribution in [2.24, 2.45) is 0 Å². The number of imidazole rings is 1. The summed E-state index contributed by atoms with van der Waals surface area (Å²) in [5.41, 5.74) is 8.14. The zero-order valence-electron chi connectivity index (χ0n) is 7.79. The largest absolute Gasteiger partial charge is 0.399 e. The molecule has 0 aliphatic heterocycles. The highest BCUT2D eigenvalue weighted by molar-refractivity contribution is 7.13. The van der Waals surface area contributed by atoms with Crippen molar-refractivity contribution in [1.82, 2.24) is 14.4 Å². The van der Waals surface area contributed by atoms with E-state index in [1.54, 1.807) is 17.5 Å². The predicted molar refractivity (Wildman–Crippen MR) is 60.7 cm³/mol.